The molecule has 1 N–H and O–H groups in total. The van der Waals surface area contributed by atoms with Gasteiger partial charge in [-0.1, -0.05) is 38.0 Å². The molecule has 0 spiro atoms. The van der Waals surface area contributed by atoms with Gasteiger partial charge in [0.05, 0.1) is 18.6 Å². The van der Waals surface area contributed by atoms with Crippen LogP contribution in [-0.2, 0) is 11.0 Å². The fraction of sp³-hybridized carbons (Fsp3) is 0.350. The Labute approximate surface area is 150 Å². The summed E-state index contributed by atoms with van der Waals surface area (Å²) in [6.45, 7) is 1.98. The van der Waals surface area contributed by atoms with Gasteiger partial charge in [0.15, 0.2) is 0 Å². The summed E-state index contributed by atoms with van der Waals surface area (Å²) in [5, 5.41) is 9.54. The summed E-state index contributed by atoms with van der Waals surface area (Å²) in [5.41, 5.74) is 1.05. The molecule has 0 bridgehead atoms. The molecule has 2 aromatic rings. The lowest BCUT2D eigenvalue weighted by Gasteiger charge is -2.16. The van der Waals surface area contributed by atoms with E-state index in [1.54, 1.807) is 18.2 Å². The van der Waals surface area contributed by atoms with Crippen molar-refractivity contribution in [1.82, 2.24) is 0 Å². The SMILES string of the molecule is CCCCC(C(=O)O)c1cc(OC)cc(-c2ccc(C(F)(F)F)cc2)c1. The highest BCUT2D eigenvalue weighted by Gasteiger charge is 2.30. The molecule has 0 fully saturated rings. The molecule has 3 nitrogen and oxygen atoms in total. The van der Waals surface area contributed by atoms with E-state index in [0.29, 0.717) is 28.9 Å². The second kappa shape index (κ2) is 8.25. The largest absolute Gasteiger partial charge is 0.497 e. The quantitative estimate of drug-likeness (QED) is 0.680. The maximum Gasteiger partial charge on any atom is 0.416 e. The highest BCUT2D eigenvalue weighted by molar-refractivity contribution is 5.78. The van der Waals surface area contributed by atoms with Crippen LogP contribution >= 0.6 is 0 Å². The van der Waals surface area contributed by atoms with E-state index in [2.05, 4.69) is 0 Å². The van der Waals surface area contributed by atoms with Crippen molar-refractivity contribution in [3.8, 4) is 16.9 Å². The van der Waals surface area contributed by atoms with Crippen molar-refractivity contribution in [3.63, 3.8) is 0 Å². The maximum absolute atomic E-state index is 12.7. The predicted molar refractivity (Wildman–Crippen MR) is 93.3 cm³/mol. The molecule has 0 aromatic heterocycles. The Bertz CT molecular complexity index is 752. The first-order chi connectivity index (χ1) is 12.3. The highest BCUT2D eigenvalue weighted by atomic mass is 19.4. The number of halogens is 3. The summed E-state index contributed by atoms with van der Waals surface area (Å²) in [4.78, 5) is 11.6. The Morgan fingerprint density at radius 3 is 2.27 bits per heavy atom. The first-order valence-corrected chi connectivity index (χ1v) is 8.35. The van der Waals surface area contributed by atoms with Gasteiger partial charge in [-0.25, -0.2) is 0 Å². The molecule has 2 aromatic carbocycles. The number of unbranched alkanes of at least 4 members (excludes halogenated alkanes) is 1. The van der Waals surface area contributed by atoms with E-state index in [9.17, 15) is 23.1 Å². The number of hydrogen-bond acceptors (Lipinski definition) is 2. The van der Waals surface area contributed by atoms with Gasteiger partial charge < -0.3 is 9.84 Å². The van der Waals surface area contributed by atoms with Crippen molar-refractivity contribution in [2.45, 2.75) is 38.3 Å². The zero-order valence-electron chi connectivity index (χ0n) is 14.6. The smallest absolute Gasteiger partial charge is 0.416 e. The highest BCUT2D eigenvalue weighted by Crippen LogP contribution is 2.34. The topological polar surface area (TPSA) is 46.5 Å². The summed E-state index contributed by atoms with van der Waals surface area (Å²) < 4.78 is 43.5. The van der Waals surface area contributed by atoms with Gasteiger partial charge in [0.2, 0.25) is 0 Å². The molecule has 0 saturated carbocycles. The number of rotatable bonds is 7. The van der Waals surface area contributed by atoms with Crippen LogP contribution in [0.5, 0.6) is 5.75 Å². The van der Waals surface area contributed by atoms with Crippen LogP contribution in [0.2, 0.25) is 0 Å². The number of hydrogen-bond donors (Lipinski definition) is 1. The van der Waals surface area contributed by atoms with Gasteiger partial charge in [0.1, 0.15) is 5.75 Å². The number of aliphatic carboxylic acids is 1. The number of methoxy groups -OCH3 is 1. The molecular formula is C20H21F3O3. The molecule has 0 heterocycles. The number of ether oxygens (including phenoxy) is 1. The van der Waals surface area contributed by atoms with Crippen LogP contribution in [0.3, 0.4) is 0 Å². The number of alkyl halides is 3. The summed E-state index contributed by atoms with van der Waals surface area (Å²) in [6.07, 6.45) is -2.26. The lowest BCUT2D eigenvalue weighted by Crippen LogP contribution is -2.12. The van der Waals surface area contributed by atoms with E-state index in [1.165, 1.54) is 19.2 Å². The molecular weight excluding hydrogens is 345 g/mol. The van der Waals surface area contributed by atoms with E-state index in [-0.39, 0.29) is 0 Å². The van der Waals surface area contributed by atoms with E-state index < -0.39 is 23.6 Å². The number of carboxylic acids is 1. The lowest BCUT2D eigenvalue weighted by molar-refractivity contribution is -0.139. The van der Waals surface area contributed by atoms with Crippen molar-refractivity contribution in [3.05, 3.63) is 53.6 Å². The zero-order chi connectivity index (χ0) is 19.3. The molecule has 26 heavy (non-hydrogen) atoms. The Morgan fingerprint density at radius 2 is 1.77 bits per heavy atom. The minimum absolute atomic E-state index is 0.472. The van der Waals surface area contributed by atoms with Crippen LogP contribution in [0.4, 0.5) is 13.2 Å². The van der Waals surface area contributed by atoms with Crippen molar-refractivity contribution in [2.24, 2.45) is 0 Å². The molecule has 1 unspecified atom stereocenters. The van der Waals surface area contributed by atoms with Crippen LogP contribution in [0, 0.1) is 0 Å². The molecule has 0 amide bonds. The Hall–Kier alpha value is -2.50. The molecule has 0 radical (unpaired) electrons. The molecule has 6 heteroatoms. The number of carbonyl (C=O) groups is 1. The predicted octanol–water partition coefficient (Wildman–Crippen LogP) is 5.74. The third kappa shape index (κ3) is 4.77. The van der Waals surface area contributed by atoms with Crippen LogP contribution in [0.25, 0.3) is 11.1 Å². The van der Waals surface area contributed by atoms with Gasteiger partial charge >= 0.3 is 12.1 Å². The van der Waals surface area contributed by atoms with Crippen LogP contribution in [0.15, 0.2) is 42.5 Å². The maximum atomic E-state index is 12.7. The minimum Gasteiger partial charge on any atom is -0.497 e. The first-order valence-electron chi connectivity index (χ1n) is 8.35. The number of benzene rings is 2. The van der Waals surface area contributed by atoms with Crippen molar-refractivity contribution in [1.29, 1.82) is 0 Å². The standard InChI is InChI=1S/C20H21F3O3/c1-3-4-5-18(19(24)25)15-10-14(11-17(12-15)26-2)13-6-8-16(9-7-13)20(21,22)23/h6-12,18H,3-5H2,1-2H3,(H,24,25). The summed E-state index contributed by atoms with van der Waals surface area (Å²) in [7, 11) is 1.47. The fourth-order valence-corrected chi connectivity index (χ4v) is 2.80. The monoisotopic (exact) mass is 366 g/mol. The zero-order valence-corrected chi connectivity index (χ0v) is 14.6. The molecule has 2 rings (SSSR count). The van der Waals surface area contributed by atoms with E-state index in [1.807, 2.05) is 6.92 Å². The van der Waals surface area contributed by atoms with Gasteiger partial charge in [-0.3, -0.25) is 4.79 Å². The third-order valence-corrected chi connectivity index (χ3v) is 4.26. The van der Waals surface area contributed by atoms with Gasteiger partial charge in [0, 0.05) is 0 Å². The van der Waals surface area contributed by atoms with E-state index in [4.69, 9.17) is 4.74 Å². The van der Waals surface area contributed by atoms with Gasteiger partial charge in [-0.05, 0) is 47.4 Å². The Kier molecular flexibility index (Phi) is 6.29. The second-order valence-electron chi connectivity index (χ2n) is 6.10. The average molecular weight is 366 g/mol. The molecule has 0 aliphatic rings. The van der Waals surface area contributed by atoms with Gasteiger partial charge in [-0.2, -0.15) is 13.2 Å². The van der Waals surface area contributed by atoms with Crippen molar-refractivity contribution < 1.29 is 27.8 Å². The van der Waals surface area contributed by atoms with Gasteiger partial charge in [-0.15, -0.1) is 0 Å². The Morgan fingerprint density at radius 1 is 1.12 bits per heavy atom. The van der Waals surface area contributed by atoms with Crippen LogP contribution in [0.1, 0.15) is 43.2 Å². The van der Waals surface area contributed by atoms with Crippen LogP contribution in [-0.4, -0.2) is 18.2 Å². The van der Waals surface area contributed by atoms with E-state index >= 15 is 0 Å². The fourth-order valence-electron chi connectivity index (χ4n) is 2.80. The molecule has 0 aliphatic carbocycles. The van der Waals surface area contributed by atoms with E-state index in [0.717, 1.165) is 25.0 Å². The summed E-state index contributed by atoms with van der Waals surface area (Å²) >= 11 is 0. The average Bonchev–Trinajstić information content (AvgIpc) is 2.61. The van der Waals surface area contributed by atoms with Gasteiger partial charge in [0.25, 0.3) is 0 Å². The summed E-state index contributed by atoms with van der Waals surface area (Å²) in [5.74, 6) is -1.14. The number of carboxylic acid groups (broad SMARTS) is 1. The minimum atomic E-state index is -4.40. The molecule has 0 aliphatic heterocycles. The third-order valence-electron chi connectivity index (χ3n) is 4.26. The lowest BCUT2D eigenvalue weighted by atomic mass is 9.90. The molecule has 140 valence electrons. The Balaban J connectivity index is 2.44. The molecule has 1 atom stereocenters. The van der Waals surface area contributed by atoms with Crippen molar-refractivity contribution >= 4 is 5.97 Å². The second-order valence-corrected chi connectivity index (χ2v) is 6.10. The van der Waals surface area contributed by atoms with Crippen LogP contribution < -0.4 is 4.74 Å². The normalized spacial score (nSPS) is 12.7. The molecule has 0 saturated heterocycles. The van der Waals surface area contributed by atoms with Crippen molar-refractivity contribution in [2.75, 3.05) is 7.11 Å². The first kappa shape index (κ1) is 19.8. The summed E-state index contributed by atoms with van der Waals surface area (Å²) in [6, 6.07) is 9.85.